The van der Waals surface area contributed by atoms with Gasteiger partial charge in [0.2, 0.25) is 0 Å². The average Bonchev–Trinajstić information content (AvgIpc) is 2.80. The van der Waals surface area contributed by atoms with Crippen molar-refractivity contribution in [2.24, 2.45) is 0 Å². The third kappa shape index (κ3) is 3.39. The highest BCUT2D eigenvalue weighted by atomic mass is 32.2. The molecule has 0 bridgehead atoms. The lowest BCUT2D eigenvalue weighted by Crippen LogP contribution is -2.29. The Bertz CT molecular complexity index is 927. The maximum absolute atomic E-state index is 11.9. The number of hydrogen-bond acceptors (Lipinski definition) is 5. The average molecular weight is 361 g/mol. The van der Waals surface area contributed by atoms with E-state index in [0.717, 1.165) is 15.4 Å². The van der Waals surface area contributed by atoms with Crippen LogP contribution >= 0.6 is 0 Å². The molecule has 2 aromatic rings. The maximum Gasteiger partial charge on any atom is 0.326 e. The van der Waals surface area contributed by atoms with E-state index in [1.165, 1.54) is 12.1 Å². The summed E-state index contributed by atoms with van der Waals surface area (Å²) in [5.41, 5.74) is 8.64. The molecule has 1 unspecified atom stereocenters. The number of hydrogen-bond donors (Lipinski definition) is 3. The molecule has 0 radical (unpaired) electrons. The smallest absolute Gasteiger partial charge is 0.326 e. The van der Waals surface area contributed by atoms with Crippen LogP contribution in [0.15, 0.2) is 42.5 Å². The van der Waals surface area contributed by atoms with E-state index in [1.807, 2.05) is 35.9 Å². The first-order chi connectivity index (χ1) is 11.8. The minimum absolute atomic E-state index is 0.0778. The van der Waals surface area contributed by atoms with E-state index in [9.17, 15) is 18.3 Å². The molecule has 2 aromatic carbocycles. The number of aromatic hydroxyl groups is 1. The van der Waals surface area contributed by atoms with Crippen molar-refractivity contribution in [3.05, 3.63) is 53.6 Å². The van der Waals surface area contributed by atoms with Crippen LogP contribution in [0.5, 0.6) is 5.75 Å². The zero-order chi connectivity index (χ0) is 18.2. The molecule has 1 atom stereocenters. The summed E-state index contributed by atoms with van der Waals surface area (Å²) >= 11 is 0. The van der Waals surface area contributed by atoms with E-state index in [4.69, 9.17) is 5.73 Å². The Morgan fingerprint density at radius 2 is 2.00 bits per heavy atom. The number of para-hydroxylation sites is 1. The largest absolute Gasteiger partial charge is 0.506 e. The molecular formula is C17H19N3O4S. The predicted molar refractivity (Wildman–Crippen MR) is 95.5 cm³/mol. The molecule has 7 nitrogen and oxygen atoms in total. The topological polar surface area (TPSA) is 113 Å². The van der Waals surface area contributed by atoms with Crippen molar-refractivity contribution in [1.29, 1.82) is 0 Å². The van der Waals surface area contributed by atoms with Crippen molar-refractivity contribution >= 4 is 27.5 Å². The van der Waals surface area contributed by atoms with Crippen LogP contribution in [0.1, 0.15) is 24.0 Å². The molecule has 0 saturated carbocycles. The van der Waals surface area contributed by atoms with Gasteiger partial charge in [0.1, 0.15) is 12.3 Å². The first-order valence-corrected chi connectivity index (χ1v) is 9.21. The molecule has 0 spiro atoms. The summed E-state index contributed by atoms with van der Waals surface area (Å²) in [5, 5.41) is 10.2. The number of phenolic OH excluding ortho intramolecular Hbond substituents is 1. The van der Waals surface area contributed by atoms with Crippen LogP contribution in [0.4, 0.5) is 11.4 Å². The lowest BCUT2D eigenvalue weighted by Gasteiger charge is -2.18. The molecule has 4 N–H and O–H groups in total. The zero-order valence-electron chi connectivity index (χ0n) is 13.6. The highest BCUT2D eigenvalue weighted by Gasteiger charge is 2.35. The Labute approximate surface area is 146 Å². The van der Waals surface area contributed by atoms with Crippen molar-refractivity contribution < 1.29 is 18.3 Å². The number of nitrogens with zero attached hydrogens (tertiary/aromatic N) is 1. The van der Waals surface area contributed by atoms with Crippen LogP contribution < -0.4 is 14.8 Å². The van der Waals surface area contributed by atoms with Gasteiger partial charge in [-0.1, -0.05) is 31.2 Å². The number of nitrogen functional groups attached to an aromatic ring is 1. The monoisotopic (exact) mass is 361 g/mol. The number of carbonyl (C=O) groups excluding carboxylic acids is 1. The van der Waals surface area contributed by atoms with Crippen LogP contribution in [-0.4, -0.2) is 26.0 Å². The fourth-order valence-corrected chi connectivity index (χ4v) is 4.15. The molecule has 1 amide bonds. The highest BCUT2D eigenvalue weighted by Crippen LogP contribution is 2.33. The number of nitrogens with two attached hydrogens (primary N) is 1. The second kappa shape index (κ2) is 6.29. The molecule has 8 heteroatoms. The zero-order valence-corrected chi connectivity index (χ0v) is 14.5. The minimum atomic E-state index is -3.94. The van der Waals surface area contributed by atoms with E-state index in [-0.39, 0.29) is 23.9 Å². The van der Waals surface area contributed by atoms with Gasteiger partial charge in [-0.25, -0.2) is 9.03 Å². The van der Waals surface area contributed by atoms with Gasteiger partial charge in [0.25, 0.3) is 5.91 Å². The Morgan fingerprint density at radius 3 is 2.60 bits per heavy atom. The van der Waals surface area contributed by atoms with E-state index in [1.54, 1.807) is 6.07 Å². The number of nitrogens with one attached hydrogen (secondary N) is 1. The number of benzene rings is 2. The lowest BCUT2D eigenvalue weighted by atomic mass is 9.92. The number of carbonyl (C=O) groups is 1. The Hall–Kier alpha value is -2.74. The van der Waals surface area contributed by atoms with Crippen molar-refractivity contribution in [2.45, 2.75) is 19.3 Å². The van der Waals surface area contributed by atoms with E-state index in [2.05, 4.69) is 0 Å². The standard InChI is InChI=1S/C17H19N3O4S/c1-11(13-4-2-3-5-14(13)18)8-12-6-7-15(16(21)9-12)20-10-17(22)19-25(20,23)24/h2-7,9,11,21H,8,10,18H2,1H3,(H,19,22). The summed E-state index contributed by atoms with van der Waals surface area (Å²) < 4.78 is 26.5. The quantitative estimate of drug-likeness (QED) is 0.715. The number of anilines is 2. The second-order valence-electron chi connectivity index (χ2n) is 6.09. The van der Waals surface area contributed by atoms with Crippen LogP contribution in [0.2, 0.25) is 0 Å². The number of amides is 1. The fourth-order valence-electron chi connectivity index (χ4n) is 2.99. The molecule has 1 saturated heterocycles. The normalized spacial score (nSPS) is 17.3. The molecule has 0 aliphatic carbocycles. The molecular weight excluding hydrogens is 342 g/mol. The molecule has 1 aliphatic heterocycles. The number of phenols is 1. The van der Waals surface area contributed by atoms with E-state index < -0.39 is 16.1 Å². The van der Waals surface area contributed by atoms with Crippen LogP contribution in [0, 0.1) is 0 Å². The van der Waals surface area contributed by atoms with Crippen molar-refractivity contribution in [3.63, 3.8) is 0 Å². The van der Waals surface area contributed by atoms with Crippen LogP contribution in [0.3, 0.4) is 0 Å². The molecule has 25 heavy (non-hydrogen) atoms. The van der Waals surface area contributed by atoms with Gasteiger partial charge in [-0.2, -0.15) is 8.42 Å². The predicted octanol–water partition coefficient (Wildman–Crippen LogP) is 1.50. The fraction of sp³-hybridized carbons (Fsp3) is 0.235. The molecule has 0 aromatic heterocycles. The van der Waals surface area contributed by atoms with Gasteiger partial charge in [-0.15, -0.1) is 0 Å². The molecule has 132 valence electrons. The molecule has 3 rings (SSSR count). The first-order valence-electron chi connectivity index (χ1n) is 7.77. The van der Waals surface area contributed by atoms with Crippen molar-refractivity contribution in [3.8, 4) is 5.75 Å². The third-order valence-corrected chi connectivity index (χ3v) is 5.59. The second-order valence-corrected chi connectivity index (χ2v) is 7.69. The summed E-state index contributed by atoms with van der Waals surface area (Å²) in [6.07, 6.45) is 0.631. The van der Waals surface area contributed by atoms with Gasteiger partial charge >= 0.3 is 10.2 Å². The van der Waals surface area contributed by atoms with Gasteiger partial charge in [0.15, 0.2) is 0 Å². The molecule has 1 heterocycles. The highest BCUT2D eigenvalue weighted by molar-refractivity contribution is 7.92. The van der Waals surface area contributed by atoms with Crippen LogP contribution in [-0.2, 0) is 21.4 Å². The maximum atomic E-state index is 11.9. The Morgan fingerprint density at radius 1 is 1.28 bits per heavy atom. The van der Waals surface area contributed by atoms with Crippen molar-refractivity contribution in [2.75, 3.05) is 16.6 Å². The SMILES string of the molecule is CC(Cc1ccc(N2CC(=O)NS2(=O)=O)c(O)c1)c1ccccc1N. The van der Waals surface area contributed by atoms with Gasteiger partial charge < -0.3 is 10.8 Å². The Balaban J connectivity index is 1.83. The van der Waals surface area contributed by atoms with Gasteiger partial charge in [-0.3, -0.25) is 4.79 Å². The summed E-state index contributed by atoms with van der Waals surface area (Å²) in [5.74, 6) is -0.687. The minimum Gasteiger partial charge on any atom is -0.506 e. The summed E-state index contributed by atoms with van der Waals surface area (Å²) in [6, 6.07) is 12.4. The van der Waals surface area contributed by atoms with E-state index >= 15 is 0 Å². The number of rotatable bonds is 4. The van der Waals surface area contributed by atoms with Crippen molar-refractivity contribution in [1.82, 2.24) is 4.72 Å². The van der Waals surface area contributed by atoms with E-state index in [0.29, 0.717) is 12.1 Å². The summed E-state index contributed by atoms with van der Waals surface area (Å²) in [7, 11) is -3.94. The lowest BCUT2D eigenvalue weighted by molar-refractivity contribution is -0.117. The molecule has 1 fully saturated rings. The summed E-state index contributed by atoms with van der Waals surface area (Å²) in [6.45, 7) is 1.69. The van der Waals surface area contributed by atoms with Crippen LogP contribution in [0.25, 0.3) is 0 Å². The third-order valence-electron chi connectivity index (χ3n) is 4.20. The molecule has 1 aliphatic rings. The summed E-state index contributed by atoms with van der Waals surface area (Å²) in [4.78, 5) is 11.3. The van der Waals surface area contributed by atoms with Gasteiger partial charge in [0.05, 0.1) is 5.69 Å². The van der Waals surface area contributed by atoms with Gasteiger partial charge in [-0.05, 0) is 41.7 Å². The first kappa shape index (κ1) is 17.1. The van der Waals surface area contributed by atoms with Gasteiger partial charge in [0, 0.05) is 5.69 Å². The Kier molecular flexibility index (Phi) is 4.30.